The van der Waals surface area contributed by atoms with Crippen molar-refractivity contribution in [2.75, 3.05) is 5.33 Å². The molecular weight excluding hydrogens is 240 g/mol. The number of hydrogen-bond donors (Lipinski definition) is 0. The third kappa shape index (κ3) is 1.88. The van der Waals surface area contributed by atoms with E-state index in [1.54, 1.807) is 0 Å². The Morgan fingerprint density at radius 2 is 2.36 bits per heavy atom. The molecule has 0 radical (unpaired) electrons. The lowest BCUT2D eigenvalue weighted by Gasteiger charge is -2.40. The zero-order valence-electron chi connectivity index (χ0n) is 8.67. The SMILES string of the molecule is Cn1ccnc1CCC1(CBr)CCC1. The van der Waals surface area contributed by atoms with Crippen molar-refractivity contribution in [3.8, 4) is 0 Å². The van der Waals surface area contributed by atoms with E-state index in [1.807, 2.05) is 12.4 Å². The molecule has 1 fully saturated rings. The molecule has 1 saturated carbocycles. The summed E-state index contributed by atoms with van der Waals surface area (Å²) in [7, 11) is 2.07. The largest absolute Gasteiger partial charge is 0.338 e. The van der Waals surface area contributed by atoms with Crippen LogP contribution in [0.15, 0.2) is 12.4 Å². The van der Waals surface area contributed by atoms with E-state index in [0.29, 0.717) is 5.41 Å². The molecule has 3 heteroatoms. The number of imidazole rings is 1. The minimum Gasteiger partial charge on any atom is -0.338 e. The van der Waals surface area contributed by atoms with Gasteiger partial charge in [0.1, 0.15) is 5.82 Å². The van der Waals surface area contributed by atoms with Gasteiger partial charge in [0, 0.05) is 31.2 Å². The Balaban J connectivity index is 1.90. The van der Waals surface area contributed by atoms with Gasteiger partial charge < -0.3 is 4.57 Å². The number of alkyl halides is 1. The predicted octanol–water partition coefficient (Wildman–Crippen LogP) is 2.92. The van der Waals surface area contributed by atoms with E-state index in [2.05, 4.69) is 32.5 Å². The summed E-state index contributed by atoms with van der Waals surface area (Å²) in [6.45, 7) is 0. The maximum absolute atomic E-state index is 4.36. The Morgan fingerprint density at radius 1 is 1.57 bits per heavy atom. The van der Waals surface area contributed by atoms with Gasteiger partial charge in [-0.3, -0.25) is 0 Å². The molecule has 2 rings (SSSR count). The van der Waals surface area contributed by atoms with Crippen molar-refractivity contribution in [3.63, 3.8) is 0 Å². The van der Waals surface area contributed by atoms with Gasteiger partial charge in [0.2, 0.25) is 0 Å². The maximum Gasteiger partial charge on any atom is 0.108 e. The van der Waals surface area contributed by atoms with Crippen LogP contribution in [0, 0.1) is 5.41 Å². The molecule has 0 aromatic carbocycles. The lowest BCUT2D eigenvalue weighted by Crippen LogP contribution is -2.31. The molecular formula is C11H17BrN2. The minimum atomic E-state index is 0.589. The highest BCUT2D eigenvalue weighted by molar-refractivity contribution is 9.09. The van der Waals surface area contributed by atoms with Crippen LogP contribution in [0.4, 0.5) is 0 Å². The first kappa shape index (κ1) is 10.2. The van der Waals surface area contributed by atoms with E-state index in [9.17, 15) is 0 Å². The van der Waals surface area contributed by atoms with Crippen LogP contribution in [0.25, 0.3) is 0 Å². The second-order valence-corrected chi connectivity index (χ2v) is 5.00. The van der Waals surface area contributed by atoms with E-state index >= 15 is 0 Å². The van der Waals surface area contributed by atoms with E-state index in [-0.39, 0.29) is 0 Å². The van der Waals surface area contributed by atoms with Crippen LogP contribution in [0.5, 0.6) is 0 Å². The van der Waals surface area contributed by atoms with Gasteiger partial charge >= 0.3 is 0 Å². The first-order chi connectivity index (χ1) is 6.76. The van der Waals surface area contributed by atoms with Crippen molar-refractivity contribution >= 4 is 15.9 Å². The maximum atomic E-state index is 4.36. The Bertz CT molecular complexity index is 296. The molecule has 0 spiro atoms. The topological polar surface area (TPSA) is 17.8 Å². The third-order valence-electron chi connectivity index (χ3n) is 3.50. The van der Waals surface area contributed by atoms with Crippen molar-refractivity contribution in [2.45, 2.75) is 32.1 Å². The summed E-state index contributed by atoms with van der Waals surface area (Å²) in [5, 5.41) is 1.16. The van der Waals surface area contributed by atoms with E-state index in [0.717, 1.165) is 11.8 Å². The van der Waals surface area contributed by atoms with E-state index < -0.39 is 0 Å². The van der Waals surface area contributed by atoms with E-state index in [1.165, 1.54) is 31.5 Å². The van der Waals surface area contributed by atoms with Gasteiger partial charge in [-0.1, -0.05) is 22.4 Å². The molecule has 0 bridgehead atoms. The van der Waals surface area contributed by atoms with Gasteiger partial charge in [0.15, 0.2) is 0 Å². The lowest BCUT2D eigenvalue weighted by molar-refractivity contribution is 0.154. The van der Waals surface area contributed by atoms with Gasteiger partial charge in [-0.25, -0.2) is 4.98 Å². The molecule has 2 nitrogen and oxygen atoms in total. The number of aryl methyl sites for hydroxylation is 2. The molecule has 0 atom stereocenters. The summed E-state index contributed by atoms with van der Waals surface area (Å²) < 4.78 is 2.13. The standard InChI is InChI=1S/C11H17BrN2/c1-14-8-7-13-10(14)3-6-11(9-12)4-2-5-11/h7-8H,2-6,9H2,1H3. The van der Waals surface area contributed by atoms with Crippen molar-refractivity contribution in [2.24, 2.45) is 12.5 Å². The first-order valence-corrected chi connectivity index (χ1v) is 6.40. The van der Waals surface area contributed by atoms with Gasteiger partial charge in [0.05, 0.1) is 0 Å². The lowest BCUT2D eigenvalue weighted by atomic mass is 9.67. The fourth-order valence-corrected chi connectivity index (χ4v) is 2.98. The molecule has 14 heavy (non-hydrogen) atoms. The molecule has 0 N–H and O–H groups in total. The summed E-state index contributed by atoms with van der Waals surface area (Å²) in [5.74, 6) is 1.22. The number of aromatic nitrogens is 2. The molecule has 0 amide bonds. The van der Waals surface area contributed by atoms with Gasteiger partial charge in [-0.2, -0.15) is 0 Å². The predicted molar refractivity (Wildman–Crippen MR) is 61.6 cm³/mol. The van der Waals surface area contributed by atoms with Gasteiger partial charge in [0.25, 0.3) is 0 Å². The fraction of sp³-hybridized carbons (Fsp3) is 0.727. The Morgan fingerprint density at radius 3 is 2.79 bits per heavy atom. The van der Waals surface area contributed by atoms with Crippen molar-refractivity contribution in [3.05, 3.63) is 18.2 Å². The summed E-state index contributed by atoms with van der Waals surface area (Å²) in [4.78, 5) is 4.36. The molecule has 0 unspecified atom stereocenters. The van der Waals surface area contributed by atoms with Crippen LogP contribution in [-0.4, -0.2) is 14.9 Å². The second kappa shape index (κ2) is 4.05. The number of nitrogens with zero attached hydrogens (tertiary/aromatic N) is 2. The van der Waals surface area contributed by atoms with Crippen LogP contribution in [0.1, 0.15) is 31.5 Å². The molecule has 0 aliphatic heterocycles. The van der Waals surface area contributed by atoms with Crippen LogP contribution in [0.3, 0.4) is 0 Å². The Hall–Kier alpha value is -0.310. The highest BCUT2D eigenvalue weighted by Gasteiger charge is 2.35. The van der Waals surface area contributed by atoms with E-state index in [4.69, 9.17) is 0 Å². The van der Waals surface area contributed by atoms with Crippen LogP contribution < -0.4 is 0 Å². The fourth-order valence-electron chi connectivity index (χ4n) is 2.14. The highest BCUT2D eigenvalue weighted by Crippen LogP contribution is 2.45. The number of halogens is 1. The van der Waals surface area contributed by atoms with Crippen molar-refractivity contribution < 1.29 is 0 Å². The molecule has 1 aliphatic carbocycles. The van der Waals surface area contributed by atoms with Crippen LogP contribution in [-0.2, 0) is 13.5 Å². The zero-order valence-corrected chi connectivity index (χ0v) is 10.3. The Kier molecular flexibility index (Phi) is 2.96. The summed E-state index contributed by atoms with van der Waals surface area (Å²) >= 11 is 3.64. The first-order valence-electron chi connectivity index (χ1n) is 5.28. The quantitative estimate of drug-likeness (QED) is 0.758. The number of hydrogen-bond acceptors (Lipinski definition) is 1. The zero-order chi connectivity index (χ0) is 10.0. The molecule has 0 saturated heterocycles. The average molecular weight is 257 g/mol. The average Bonchev–Trinajstić information content (AvgIpc) is 2.51. The monoisotopic (exact) mass is 256 g/mol. The molecule has 1 aromatic rings. The molecule has 1 aromatic heterocycles. The Labute approximate surface area is 93.9 Å². The summed E-state index contributed by atoms with van der Waals surface area (Å²) in [6.07, 6.45) is 10.5. The van der Waals surface area contributed by atoms with Crippen molar-refractivity contribution in [1.29, 1.82) is 0 Å². The highest BCUT2D eigenvalue weighted by atomic mass is 79.9. The van der Waals surface area contributed by atoms with Gasteiger partial charge in [-0.05, 0) is 24.7 Å². The third-order valence-corrected chi connectivity index (χ3v) is 4.69. The molecule has 78 valence electrons. The van der Waals surface area contributed by atoms with Crippen molar-refractivity contribution in [1.82, 2.24) is 9.55 Å². The normalized spacial score (nSPS) is 19.3. The second-order valence-electron chi connectivity index (χ2n) is 4.44. The number of rotatable bonds is 4. The summed E-state index contributed by atoms with van der Waals surface area (Å²) in [5.41, 5.74) is 0.589. The van der Waals surface area contributed by atoms with Gasteiger partial charge in [-0.15, -0.1) is 0 Å². The summed E-state index contributed by atoms with van der Waals surface area (Å²) in [6, 6.07) is 0. The van der Waals surface area contributed by atoms with Crippen LogP contribution in [0.2, 0.25) is 0 Å². The minimum absolute atomic E-state index is 0.589. The molecule has 1 aliphatic rings. The molecule has 1 heterocycles. The van der Waals surface area contributed by atoms with Crippen LogP contribution >= 0.6 is 15.9 Å². The smallest absolute Gasteiger partial charge is 0.108 e.